The zero-order valence-corrected chi connectivity index (χ0v) is 5.59. The van der Waals surface area contributed by atoms with Crippen LogP contribution in [0, 0.1) is 0 Å². The summed E-state index contributed by atoms with van der Waals surface area (Å²) in [6.45, 7) is 1.64. The molecule has 0 rings (SSSR count). The molecule has 0 spiro atoms. The number of esters is 1. The first-order chi connectivity index (χ1) is 4.27. The van der Waals surface area contributed by atoms with Gasteiger partial charge in [-0.15, -0.1) is 0 Å². The molecule has 0 heterocycles. The third-order valence-electron chi connectivity index (χ3n) is 0.615. The second kappa shape index (κ2) is 5.15. The molecule has 0 aromatic rings. The van der Waals surface area contributed by atoms with Crippen LogP contribution in [-0.2, 0) is 14.3 Å². The van der Waals surface area contributed by atoms with Crippen molar-refractivity contribution in [2.45, 2.75) is 6.92 Å². The Morgan fingerprint density at radius 1 is 1.67 bits per heavy atom. The van der Waals surface area contributed by atoms with Gasteiger partial charge in [-0.3, -0.25) is 4.79 Å². The quantitative estimate of drug-likeness (QED) is 0.417. The molecular weight excluding hydrogens is 120 g/mol. The molecule has 0 aliphatic rings. The van der Waals surface area contributed by atoms with E-state index in [1.54, 1.807) is 6.08 Å². The molecule has 0 N–H and O–H groups in total. The van der Waals surface area contributed by atoms with Gasteiger partial charge in [-0.2, -0.15) is 0 Å². The minimum atomic E-state index is -0.282. The molecule has 0 radical (unpaired) electrons. The zero-order valence-electron chi connectivity index (χ0n) is 5.59. The van der Waals surface area contributed by atoms with E-state index in [9.17, 15) is 4.79 Å². The fourth-order valence-corrected chi connectivity index (χ4v) is 0.301. The lowest BCUT2D eigenvalue weighted by atomic mass is 10.6. The first kappa shape index (κ1) is 8.01. The predicted octanol–water partition coefficient (Wildman–Crippen LogP) is 0.710. The highest BCUT2D eigenvalue weighted by molar-refractivity contribution is 5.65. The van der Waals surface area contributed by atoms with Crippen LogP contribution in [0.15, 0.2) is 12.3 Å². The maximum absolute atomic E-state index is 10.1. The van der Waals surface area contributed by atoms with Crippen LogP contribution in [0.4, 0.5) is 0 Å². The van der Waals surface area contributed by atoms with E-state index in [0.717, 1.165) is 0 Å². The molecule has 0 unspecified atom stereocenters. The topological polar surface area (TPSA) is 35.5 Å². The number of hydrogen-bond acceptors (Lipinski definition) is 3. The Kier molecular flexibility index (Phi) is 4.59. The smallest absolute Gasteiger partial charge is 0.302 e. The average molecular weight is 130 g/mol. The van der Waals surface area contributed by atoms with Crippen LogP contribution in [0.2, 0.25) is 0 Å². The Labute approximate surface area is 54.3 Å². The lowest BCUT2D eigenvalue weighted by molar-refractivity contribution is -0.139. The summed E-state index contributed by atoms with van der Waals surface area (Å²) >= 11 is 0. The molecular formula is C6H10O3. The van der Waals surface area contributed by atoms with E-state index in [1.807, 2.05) is 0 Å². The Morgan fingerprint density at radius 3 is 2.78 bits per heavy atom. The Balaban J connectivity index is 3.09. The first-order valence-electron chi connectivity index (χ1n) is 2.58. The van der Waals surface area contributed by atoms with Crippen LogP contribution < -0.4 is 0 Å². The summed E-state index contributed by atoms with van der Waals surface area (Å²) in [4.78, 5) is 10.1. The van der Waals surface area contributed by atoms with Crippen molar-refractivity contribution >= 4 is 5.97 Å². The van der Waals surface area contributed by atoms with E-state index in [1.165, 1.54) is 20.3 Å². The van der Waals surface area contributed by atoms with Crippen molar-refractivity contribution in [3.8, 4) is 0 Å². The Bertz CT molecular complexity index is 107. The Hall–Kier alpha value is -0.990. The van der Waals surface area contributed by atoms with Gasteiger partial charge < -0.3 is 9.47 Å². The number of hydrogen-bond donors (Lipinski definition) is 0. The molecule has 0 bridgehead atoms. The van der Waals surface area contributed by atoms with Gasteiger partial charge in [0.1, 0.15) is 6.61 Å². The summed E-state index contributed by atoms with van der Waals surface area (Å²) in [7, 11) is 1.53. The van der Waals surface area contributed by atoms with Crippen LogP contribution in [0.25, 0.3) is 0 Å². The molecule has 0 saturated carbocycles. The summed E-state index contributed by atoms with van der Waals surface area (Å²) in [5.74, 6) is -0.282. The van der Waals surface area contributed by atoms with E-state index < -0.39 is 0 Å². The molecule has 0 aliphatic carbocycles. The van der Waals surface area contributed by atoms with E-state index in [2.05, 4.69) is 9.47 Å². The molecule has 0 aromatic carbocycles. The third kappa shape index (κ3) is 7.01. The normalized spacial score (nSPS) is 9.56. The molecule has 0 amide bonds. The van der Waals surface area contributed by atoms with Crippen LogP contribution in [-0.4, -0.2) is 19.7 Å². The fraction of sp³-hybridized carbons (Fsp3) is 0.500. The number of carbonyl (C=O) groups excluding carboxylic acids is 1. The Morgan fingerprint density at radius 2 is 2.33 bits per heavy atom. The van der Waals surface area contributed by atoms with Crippen LogP contribution in [0.3, 0.4) is 0 Å². The van der Waals surface area contributed by atoms with Gasteiger partial charge in [0.15, 0.2) is 0 Å². The van der Waals surface area contributed by atoms with E-state index in [0.29, 0.717) is 0 Å². The fourth-order valence-electron chi connectivity index (χ4n) is 0.301. The van der Waals surface area contributed by atoms with E-state index in [4.69, 9.17) is 0 Å². The van der Waals surface area contributed by atoms with Gasteiger partial charge in [-0.25, -0.2) is 0 Å². The lowest BCUT2D eigenvalue weighted by Crippen LogP contribution is -1.97. The summed E-state index contributed by atoms with van der Waals surface area (Å²) < 4.78 is 9.09. The highest BCUT2D eigenvalue weighted by Gasteiger charge is 1.85. The van der Waals surface area contributed by atoms with E-state index in [-0.39, 0.29) is 12.6 Å². The maximum Gasteiger partial charge on any atom is 0.302 e. The molecule has 52 valence electrons. The van der Waals surface area contributed by atoms with Crippen LogP contribution in [0.1, 0.15) is 6.92 Å². The summed E-state index contributed by atoms with van der Waals surface area (Å²) in [6.07, 6.45) is 3.07. The lowest BCUT2D eigenvalue weighted by Gasteiger charge is -1.93. The van der Waals surface area contributed by atoms with Crippen LogP contribution in [0.5, 0.6) is 0 Å². The SMILES string of the molecule is COC=CCOC(C)=O. The molecule has 3 nitrogen and oxygen atoms in total. The zero-order chi connectivity index (χ0) is 7.11. The molecule has 0 fully saturated rings. The summed E-state index contributed by atoms with van der Waals surface area (Å²) in [6, 6.07) is 0. The number of carbonyl (C=O) groups is 1. The molecule has 0 saturated heterocycles. The van der Waals surface area contributed by atoms with Gasteiger partial charge in [0, 0.05) is 6.92 Å². The number of methoxy groups -OCH3 is 1. The molecule has 9 heavy (non-hydrogen) atoms. The van der Waals surface area contributed by atoms with Gasteiger partial charge in [-0.1, -0.05) is 0 Å². The second-order valence-corrected chi connectivity index (χ2v) is 1.41. The maximum atomic E-state index is 10.1. The standard InChI is InChI=1S/C6H10O3/c1-6(7)9-5-3-4-8-2/h3-4H,5H2,1-2H3. The highest BCUT2D eigenvalue weighted by atomic mass is 16.5. The van der Waals surface area contributed by atoms with Gasteiger partial charge in [-0.05, 0) is 6.08 Å². The van der Waals surface area contributed by atoms with Crippen molar-refractivity contribution in [1.29, 1.82) is 0 Å². The van der Waals surface area contributed by atoms with Crippen molar-refractivity contribution in [3.63, 3.8) is 0 Å². The van der Waals surface area contributed by atoms with Gasteiger partial charge in [0.2, 0.25) is 0 Å². The minimum Gasteiger partial charge on any atom is -0.505 e. The molecule has 0 aromatic heterocycles. The minimum absolute atomic E-state index is 0.281. The molecule has 3 heteroatoms. The third-order valence-corrected chi connectivity index (χ3v) is 0.615. The molecule has 0 atom stereocenters. The van der Waals surface area contributed by atoms with Crippen LogP contribution >= 0.6 is 0 Å². The van der Waals surface area contributed by atoms with E-state index >= 15 is 0 Å². The van der Waals surface area contributed by atoms with Crippen molar-refractivity contribution in [3.05, 3.63) is 12.3 Å². The summed E-state index contributed by atoms with van der Waals surface area (Å²) in [5, 5.41) is 0. The van der Waals surface area contributed by atoms with Gasteiger partial charge in [0.25, 0.3) is 0 Å². The highest BCUT2D eigenvalue weighted by Crippen LogP contribution is 1.78. The van der Waals surface area contributed by atoms with Gasteiger partial charge in [0.05, 0.1) is 13.4 Å². The van der Waals surface area contributed by atoms with Crippen molar-refractivity contribution < 1.29 is 14.3 Å². The first-order valence-corrected chi connectivity index (χ1v) is 2.58. The average Bonchev–Trinajstić information content (AvgIpc) is 1.80. The van der Waals surface area contributed by atoms with Crippen molar-refractivity contribution in [2.75, 3.05) is 13.7 Å². The monoisotopic (exact) mass is 130 g/mol. The van der Waals surface area contributed by atoms with Crippen molar-refractivity contribution in [1.82, 2.24) is 0 Å². The number of rotatable bonds is 3. The predicted molar refractivity (Wildman–Crippen MR) is 32.8 cm³/mol. The number of ether oxygens (including phenoxy) is 2. The summed E-state index contributed by atoms with van der Waals surface area (Å²) in [5.41, 5.74) is 0. The largest absolute Gasteiger partial charge is 0.505 e. The van der Waals surface area contributed by atoms with Gasteiger partial charge >= 0.3 is 5.97 Å². The van der Waals surface area contributed by atoms with Crippen molar-refractivity contribution in [2.24, 2.45) is 0 Å². The molecule has 0 aliphatic heterocycles. The second-order valence-electron chi connectivity index (χ2n) is 1.41.